The largest absolute Gasteiger partial charge is 0.381 e. The van der Waals surface area contributed by atoms with Crippen LogP contribution in [0, 0.1) is 11.3 Å². The van der Waals surface area contributed by atoms with E-state index in [4.69, 9.17) is 5.26 Å². The Labute approximate surface area is 122 Å². The quantitative estimate of drug-likeness (QED) is 0.867. The van der Waals surface area contributed by atoms with Gasteiger partial charge in [0, 0.05) is 12.2 Å². The van der Waals surface area contributed by atoms with Crippen LogP contribution in [0.4, 0.5) is 5.69 Å². The molecule has 0 atom stereocenters. The molecule has 0 radical (unpaired) electrons. The highest BCUT2D eigenvalue weighted by atomic mass is 28.3. The molecule has 0 aliphatic rings. The van der Waals surface area contributed by atoms with Crippen LogP contribution in [0.15, 0.2) is 48.5 Å². The lowest BCUT2D eigenvalue weighted by Crippen LogP contribution is -2.37. The molecule has 102 valence electrons. The second kappa shape index (κ2) is 5.94. The van der Waals surface area contributed by atoms with Crippen LogP contribution >= 0.6 is 0 Å². The van der Waals surface area contributed by atoms with Crippen molar-refractivity contribution in [3.63, 3.8) is 0 Å². The molecule has 0 bridgehead atoms. The van der Waals surface area contributed by atoms with Crippen molar-refractivity contribution in [1.29, 1.82) is 5.26 Å². The lowest BCUT2D eigenvalue weighted by molar-refractivity contribution is 1.15. The molecule has 2 aromatic rings. The van der Waals surface area contributed by atoms with Gasteiger partial charge < -0.3 is 5.32 Å². The maximum absolute atomic E-state index is 8.76. The summed E-state index contributed by atoms with van der Waals surface area (Å²) in [6.45, 7) is 7.88. The SMILES string of the molecule is C[Si](C)(C)c1ccc(CNc2ccc(C#N)cc2)cc1. The number of hydrogen-bond donors (Lipinski definition) is 1. The van der Waals surface area contributed by atoms with E-state index < -0.39 is 8.07 Å². The van der Waals surface area contributed by atoms with Gasteiger partial charge >= 0.3 is 0 Å². The lowest BCUT2D eigenvalue weighted by atomic mass is 10.2. The van der Waals surface area contributed by atoms with E-state index >= 15 is 0 Å². The first-order valence-electron chi connectivity index (χ1n) is 6.82. The zero-order valence-electron chi connectivity index (χ0n) is 12.3. The fraction of sp³-hybridized carbons (Fsp3) is 0.235. The van der Waals surface area contributed by atoms with Gasteiger partial charge in [0.1, 0.15) is 0 Å². The number of anilines is 1. The van der Waals surface area contributed by atoms with Gasteiger partial charge in [0.15, 0.2) is 0 Å². The van der Waals surface area contributed by atoms with Crippen molar-refractivity contribution in [3.8, 4) is 6.07 Å². The van der Waals surface area contributed by atoms with Crippen molar-refractivity contribution in [1.82, 2.24) is 0 Å². The highest BCUT2D eigenvalue weighted by Crippen LogP contribution is 2.11. The van der Waals surface area contributed by atoms with Crippen molar-refractivity contribution in [3.05, 3.63) is 59.7 Å². The molecule has 2 aromatic carbocycles. The summed E-state index contributed by atoms with van der Waals surface area (Å²) in [4.78, 5) is 0. The van der Waals surface area contributed by atoms with Crippen molar-refractivity contribution in [2.24, 2.45) is 0 Å². The standard InChI is InChI=1S/C17H20N2Si/c1-20(2,3)17-10-6-15(7-11-17)13-19-16-8-4-14(12-18)5-9-16/h4-11,19H,13H2,1-3H3. The molecule has 0 saturated heterocycles. The van der Waals surface area contributed by atoms with E-state index in [2.05, 4.69) is 55.3 Å². The highest BCUT2D eigenvalue weighted by molar-refractivity contribution is 6.88. The molecule has 0 saturated carbocycles. The molecule has 0 amide bonds. The van der Waals surface area contributed by atoms with Crippen LogP contribution < -0.4 is 10.5 Å². The molecule has 0 heterocycles. The molecule has 1 N–H and O–H groups in total. The normalized spacial score (nSPS) is 10.9. The number of nitrogens with one attached hydrogen (secondary N) is 1. The Bertz CT molecular complexity index is 601. The molecule has 0 aromatic heterocycles. The second-order valence-electron chi connectivity index (χ2n) is 5.99. The first-order valence-corrected chi connectivity index (χ1v) is 10.3. The summed E-state index contributed by atoms with van der Waals surface area (Å²) in [6.07, 6.45) is 0. The minimum absolute atomic E-state index is 0.690. The predicted octanol–water partition coefficient (Wildman–Crippen LogP) is 3.72. The zero-order chi connectivity index (χ0) is 14.6. The van der Waals surface area contributed by atoms with Crippen LogP contribution in [0.3, 0.4) is 0 Å². The van der Waals surface area contributed by atoms with Crippen LogP contribution in [0.2, 0.25) is 19.6 Å². The summed E-state index contributed by atoms with van der Waals surface area (Å²) in [7, 11) is -1.20. The topological polar surface area (TPSA) is 35.8 Å². The summed E-state index contributed by atoms with van der Waals surface area (Å²) in [5, 5.41) is 13.6. The Kier molecular flexibility index (Phi) is 4.26. The molecule has 0 aliphatic heterocycles. The lowest BCUT2D eigenvalue weighted by Gasteiger charge is -2.17. The molecular weight excluding hydrogens is 260 g/mol. The summed E-state index contributed by atoms with van der Waals surface area (Å²) < 4.78 is 0. The van der Waals surface area contributed by atoms with E-state index in [1.54, 1.807) is 0 Å². The Balaban J connectivity index is 1.98. The first-order chi connectivity index (χ1) is 9.49. The number of hydrogen-bond acceptors (Lipinski definition) is 2. The minimum atomic E-state index is -1.20. The highest BCUT2D eigenvalue weighted by Gasteiger charge is 2.15. The average molecular weight is 280 g/mol. The van der Waals surface area contributed by atoms with Gasteiger partial charge in [-0.25, -0.2) is 0 Å². The van der Waals surface area contributed by atoms with Crippen molar-refractivity contribution in [2.45, 2.75) is 26.2 Å². The van der Waals surface area contributed by atoms with Gasteiger partial charge in [0.25, 0.3) is 0 Å². The number of nitrogens with zero attached hydrogens (tertiary/aromatic N) is 1. The monoisotopic (exact) mass is 280 g/mol. The predicted molar refractivity (Wildman–Crippen MR) is 87.9 cm³/mol. The van der Waals surface area contributed by atoms with Gasteiger partial charge in [0.05, 0.1) is 19.7 Å². The fourth-order valence-corrected chi connectivity index (χ4v) is 3.16. The van der Waals surface area contributed by atoms with E-state index in [9.17, 15) is 0 Å². The molecule has 0 unspecified atom stereocenters. The molecule has 0 aliphatic carbocycles. The third kappa shape index (κ3) is 3.72. The molecule has 2 rings (SSSR count). The number of benzene rings is 2. The van der Waals surface area contributed by atoms with Gasteiger partial charge in [-0.15, -0.1) is 0 Å². The Morgan fingerprint density at radius 1 is 0.950 bits per heavy atom. The third-order valence-corrected chi connectivity index (χ3v) is 5.40. The van der Waals surface area contributed by atoms with Crippen LogP contribution in [-0.2, 0) is 6.54 Å². The van der Waals surface area contributed by atoms with Gasteiger partial charge in [-0.1, -0.05) is 49.1 Å². The third-order valence-electron chi connectivity index (χ3n) is 3.33. The van der Waals surface area contributed by atoms with Gasteiger partial charge in [-0.2, -0.15) is 5.26 Å². The average Bonchev–Trinajstić information content (AvgIpc) is 2.45. The van der Waals surface area contributed by atoms with Crippen LogP contribution in [0.5, 0.6) is 0 Å². The van der Waals surface area contributed by atoms with Crippen LogP contribution in [0.25, 0.3) is 0 Å². The molecule has 3 heteroatoms. The van der Waals surface area contributed by atoms with E-state index in [1.807, 2.05) is 24.3 Å². The fourth-order valence-electron chi connectivity index (χ4n) is 1.99. The van der Waals surface area contributed by atoms with Crippen molar-refractivity contribution in [2.75, 3.05) is 5.32 Å². The Morgan fingerprint density at radius 2 is 1.55 bits per heavy atom. The maximum Gasteiger partial charge on any atom is 0.0991 e. The number of rotatable bonds is 4. The Morgan fingerprint density at radius 3 is 2.05 bits per heavy atom. The smallest absolute Gasteiger partial charge is 0.0991 e. The van der Waals surface area contributed by atoms with Crippen molar-refractivity contribution >= 4 is 18.9 Å². The molecule has 20 heavy (non-hydrogen) atoms. The molecular formula is C17H20N2Si. The second-order valence-corrected chi connectivity index (χ2v) is 11.1. The van der Waals surface area contributed by atoms with Gasteiger partial charge in [-0.05, 0) is 29.8 Å². The van der Waals surface area contributed by atoms with Crippen LogP contribution in [0.1, 0.15) is 11.1 Å². The first kappa shape index (κ1) is 14.4. The van der Waals surface area contributed by atoms with E-state index in [0.717, 1.165) is 12.2 Å². The van der Waals surface area contributed by atoms with E-state index in [-0.39, 0.29) is 0 Å². The summed E-state index contributed by atoms with van der Waals surface area (Å²) in [6, 6.07) is 18.6. The summed E-state index contributed by atoms with van der Waals surface area (Å²) >= 11 is 0. The van der Waals surface area contributed by atoms with Gasteiger partial charge in [0.2, 0.25) is 0 Å². The minimum Gasteiger partial charge on any atom is -0.381 e. The Hall–Kier alpha value is -2.05. The molecule has 0 spiro atoms. The summed E-state index contributed by atoms with van der Waals surface area (Å²) in [5.41, 5.74) is 3.00. The summed E-state index contributed by atoms with van der Waals surface area (Å²) in [5.74, 6) is 0. The molecule has 0 fully saturated rings. The van der Waals surface area contributed by atoms with E-state index in [0.29, 0.717) is 5.56 Å². The van der Waals surface area contributed by atoms with Crippen LogP contribution in [-0.4, -0.2) is 8.07 Å². The van der Waals surface area contributed by atoms with Gasteiger partial charge in [-0.3, -0.25) is 0 Å². The van der Waals surface area contributed by atoms with E-state index in [1.165, 1.54) is 10.8 Å². The number of nitriles is 1. The maximum atomic E-state index is 8.76. The molecule has 2 nitrogen and oxygen atoms in total. The van der Waals surface area contributed by atoms with Crippen molar-refractivity contribution < 1.29 is 0 Å². The zero-order valence-corrected chi connectivity index (χ0v) is 13.3.